The molecule has 1 N–H and O–H groups in total. The average Bonchev–Trinajstić information content (AvgIpc) is 2.61. The first-order valence-corrected chi connectivity index (χ1v) is 9.54. The van der Waals surface area contributed by atoms with Crippen LogP contribution in [0.15, 0.2) is 42.5 Å². The Bertz CT molecular complexity index is 806. The van der Waals surface area contributed by atoms with Gasteiger partial charge in [0, 0.05) is 28.3 Å². The van der Waals surface area contributed by atoms with Gasteiger partial charge in [0.1, 0.15) is 18.5 Å². The maximum atomic E-state index is 12.5. The molecular formula is C19H21NO4S. The molecule has 1 amide bonds. The molecule has 0 bridgehead atoms. The van der Waals surface area contributed by atoms with E-state index in [4.69, 9.17) is 9.47 Å². The Morgan fingerprint density at radius 2 is 1.92 bits per heavy atom. The lowest BCUT2D eigenvalue weighted by atomic mass is 10.2. The summed E-state index contributed by atoms with van der Waals surface area (Å²) in [5.41, 5.74) is 2.69. The highest BCUT2D eigenvalue weighted by molar-refractivity contribution is 7.85. The molecule has 1 aliphatic heterocycles. The van der Waals surface area contributed by atoms with Crippen LogP contribution in [0.2, 0.25) is 0 Å². The second-order valence-corrected chi connectivity index (χ2v) is 7.76. The molecular weight excluding hydrogens is 338 g/mol. The van der Waals surface area contributed by atoms with Crippen LogP contribution in [0.3, 0.4) is 0 Å². The van der Waals surface area contributed by atoms with Crippen LogP contribution in [0.25, 0.3) is 0 Å². The lowest BCUT2D eigenvalue weighted by Crippen LogP contribution is -2.29. The van der Waals surface area contributed by atoms with Crippen molar-refractivity contribution in [2.45, 2.75) is 24.9 Å². The van der Waals surface area contributed by atoms with Gasteiger partial charge in [-0.1, -0.05) is 29.8 Å². The standard InChI is InChI=1S/C19H21NO4S/c1-13-4-3-5-15(10-13)12-25(22)14(2)19(21)20-16-6-7-17-18(11-16)24-9-8-23-17/h3-7,10-11,14H,8-9,12H2,1-2H3,(H,20,21)/t14-,25+/m0/s1. The van der Waals surface area contributed by atoms with Crippen LogP contribution in [0.1, 0.15) is 18.1 Å². The lowest BCUT2D eigenvalue weighted by molar-refractivity contribution is -0.115. The zero-order chi connectivity index (χ0) is 17.8. The maximum Gasteiger partial charge on any atom is 0.239 e. The Labute approximate surface area is 149 Å². The third-order valence-corrected chi connectivity index (χ3v) is 5.59. The van der Waals surface area contributed by atoms with E-state index in [-0.39, 0.29) is 5.91 Å². The number of hydrogen-bond acceptors (Lipinski definition) is 4. The summed E-state index contributed by atoms with van der Waals surface area (Å²) in [6, 6.07) is 13.1. The maximum absolute atomic E-state index is 12.5. The van der Waals surface area contributed by atoms with E-state index in [9.17, 15) is 9.00 Å². The molecule has 0 radical (unpaired) electrons. The van der Waals surface area contributed by atoms with E-state index in [1.54, 1.807) is 25.1 Å². The van der Waals surface area contributed by atoms with Gasteiger partial charge in [0.05, 0.1) is 0 Å². The minimum absolute atomic E-state index is 0.275. The zero-order valence-electron chi connectivity index (χ0n) is 14.3. The lowest BCUT2D eigenvalue weighted by Gasteiger charge is -2.19. The molecule has 2 aromatic rings. The molecule has 25 heavy (non-hydrogen) atoms. The largest absolute Gasteiger partial charge is 0.486 e. The Hall–Kier alpha value is -2.34. The van der Waals surface area contributed by atoms with E-state index in [0.29, 0.717) is 36.2 Å². The van der Waals surface area contributed by atoms with E-state index in [0.717, 1.165) is 11.1 Å². The first kappa shape index (κ1) is 17.5. The Balaban J connectivity index is 1.63. The quantitative estimate of drug-likeness (QED) is 0.891. The number of aryl methyl sites for hydroxylation is 1. The number of rotatable bonds is 5. The molecule has 5 nitrogen and oxygen atoms in total. The fourth-order valence-electron chi connectivity index (χ4n) is 2.58. The number of hydrogen-bond donors (Lipinski definition) is 1. The first-order valence-electron chi connectivity index (χ1n) is 8.16. The molecule has 0 aromatic heterocycles. The van der Waals surface area contributed by atoms with Crippen molar-refractivity contribution in [2.75, 3.05) is 18.5 Å². The molecule has 0 spiro atoms. The molecule has 6 heteroatoms. The molecule has 3 rings (SSSR count). The number of ether oxygens (including phenoxy) is 2. The van der Waals surface area contributed by atoms with Crippen molar-refractivity contribution in [3.63, 3.8) is 0 Å². The highest BCUT2D eigenvalue weighted by atomic mass is 32.2. The van der Waals surface area contributed by atoms with Crippen molar-refractivity contribution in [2.24, 2.45) is 0 Å². The van der Waals surface area contributed by atoms with Gasteiger partial charge in [0.2, 0.25) is 5.91 Å². The third kappa shape index (κ3) is 4.39. The number of amides is 1. The first-order chi connectivity index (χ1) is 12.0. The predicted molar refractivity (Wildman–Crippen MR) is 98.5 cm³/mol. The van der Waals surface area contributed by atoms with Crippen molar-refractivity contribution in [1.82, 2.24) is 0 Å². The Morgan fingerprint density at radius 1 is 1.16 bits per heavy atom. The second kappa shape index (κ2) is 7.70. The van der Waals surface area contributed by atoms with Crippen molar-refractivity contribution in [1.29, 1.82) is 0 Å². The summed E-state index contributed by atoms with van der Waals surface area (Å²) in [5, 5.41) is 2.19. The van der Waals surface area contributed by atoms with E-state index < -0.39 is 16.0 Å². The summed E-state index contributed by atoms with van der Waals surface area (Å²) in [5.74, 6) is 1.36. The summed E-state index contributed by atoms with van der Waals surface area (Å²) < 4.78 is 23.5. The van der Waals surface area contributed by atoms with Crippen LogP contribution in [-0.4, -0.2) is 28.6 Å². The van der Waals surface area contributed by atoms with Crippen molar-refractivity contribution < 1.29 is 18.5 Å². The van der Waals surface area contributed by atoms with Gasteiger partial charge < -0.3 is 14.8 Å². The van der Waals surface area contributed by atoms with Gasteiger partial charge in [-0.2, -0.15) is 0 Å². The number of carbonyl (C=O) groups is 1. The summed E-state index contributed by atoms with van der Waals surface area (Å²) in [6.07, 6.45) is 0. The topological polar surface area (TPSA) is 64.6 Å². The molecule has 2 atom stereocenters. The monoisotopic (exact) mass is 359 g/mol. The van der Waals surface area contributed by atoms with Crippen LogP contribution in [0, 0.1) is 6.92 Å². The molecule has 0 saturated carbocycles. The van der Waals surface area contributed by atoms with Gasteiger partial charge >= 0.3 is 0 Å². The molecule has 0 unspecified atom stereocenters. The molecule has 2 aromatic carbocycles. The van der Waals surface area contributed by atoms with Crippen LogP contribution in [0.4, 0.5) is 5.69 Å². The van der Waals surface area contributed by atoms with E-state index >= 15 is 0 Å². The third-order valence-electron chi connectivity index (χ3n) is 3.96. The van der Waals surface area contributed by atoms with Gasteiger partial charge in [-0.05, 0) is 31.5 Å². The van der Waals surface area contributed by atoms with Crippen LogP contribution in [-0.2, 0) is 21.3 Å². The fraction of sp³-hybridized carbons (Fsp3) is 0.316. The highest BCUT2D eigenvalue weighted by Crippen LogP contribution is 2.32. The zero-order valence-corrected chi connectivity index (χ0v) is 15.1. The summed E-state index contributed by atoms with van der Waals surface area (Å²) in [6.45, 7) is 4.68. The van der Waals surface area contributed by atoms with Gasteiger partial charge in [-0.3, -0.25) is 9.00 Å². The molecule has 0 aliphatic carbocycles. The smallest absolute Gasteiger partial charge is 0.239 e. The number of carbonyl (C=O) groups excluding carboxylic acids is 1. The van der Waals surface area contributed by atoms with Gasteiger partial charge in [-0.25, -0.2) is 0 Å². The SMILES string of the molecule is Cc1cccc(C[S@@](=O)[C@@H](C)C(=O)Nc2ccc3c(c2)OCCO3)c1. The van der Waals surface area contributed by atoms with Crippen LogP contribution >= 0.6 is 0 Å². The molecule has 0 fully saturated rings. The van der Waals surface area contributed by atoms with Gasteiger partial charge in [0.25, 0.3) is 0 Å². The second-order valence-electron chi connectivity index (χ2n) is 6.00. The number of anilines is 1. The van der Waals surface area contributed by atoms with Crippen molar-refractivity contribution >= 4 is 22.4 Å². The van der Waals surface area contributed by atoms with E-state index in [1.807, 2.05) is 31.2 Å². The summed E-state index contributed by atoms with van der Waals surface area (Å²) >= 11 is 0. The van der Waals surface area contributed by atoms with Gasteiger partial charge in [-0.15, -0.1) is 0 Å². The summed E-state index contributed by atoms with van der Waals surface area (Å²) in [4.78, 5) is 12.4. The van der Waals surface area contributed by atoms with Crippen LogP contribution < -0.4 is 14.8 Å². The normalized spacial score (nSPS) is 15.3. The van der Waals surface area contributed by atoms with Gasteiger partial charge in [0.15, 0.2) is 11.5 Å². The Kier molecular flexibility index (Phi) is 5.38. The average molecular weight is 359 g/mol. The number of benzene rings is 2. The molecule has 132 valence electrons. The molecule has 1 aliphatic rings. The van der Waals surface area contributed by atoms with Crippen LogP contribution in [0.5, 0.6) is 11.5 Å². The van der Waals surface area contributed by atoms with E-state index in [1.165, 1.54) is 0 Å². The minimum atomic E-state index is -1.30. The van der Waals surface area contributed by atoms with Crippen molar-refractivity contribution in [3.8, 4) is 11.5 Å². The molecule has 1 heterocycles. The van der Waals surface area contributed by atoms with E-state index in [2.05, 4.69) is 5.32 Å². The highest BCUT2D eigenvalue weighted by Gasteiger charge is 2.21. The summed E-state index contributed by atoms with van der Waals surface area (Å²) in [7, 11) is -1.30. The van der Waals surface area contributed by atoms with Crippen molar-refractivity contribution in [3.05, 3.63) is 53.6 Å². The Morgan fingerprint density at radius 3 is 2.68 bits per heavy atom. The minimum Gasteiger partial charge on any atom is -0.486 e. The predicted octanol–water partition coefficient (Wildman–Crippen LogP) is 3.04. The number of fused-ring (bicyclic) bond motifs is 1. The fourth-order valence-corrected chi connectivity index (χ4v) is 3.63. The molecule has 0 saturated heterocycles. The number of nitrogens with one attached hydrogen (secondary N) is 1.